The molecule has 8 saturated carbocycles. The molecule has 10 aliphatic rings. The summed E-state index contributed by atoms with van der Waals surface area (Å²) in [6.45, 7) is 5.14. The molecule has 8 bridgehead atoms. The van der Waals surface area contributed by atoms with Crippen LogP contribution in [-0.2, 0) is 16.2 Å². The summed E-state index contributed by atoms with van der Waals surface area (Å²) in [5.74, 6) is 5.60. The molecule has 306 valence electrons. The zero-order valence-corrected chi connectivity index (χ0v) is 36.5. The maximum atomic E-state index is 2.75. The van der Waals surface area contributed by atoms with Crippen LogP contribution in [0.4, 0.5) is 17.1 Å². The van der Waals surface area contributed by atoms with E-state index >= 15 is 0 Å². The molecule has 2 nitrogen and oxygen atoms in total. The van der Waals surface area contributed by atoms with Gasteiger partial charge in [0.05, 0.1) is 11.0 Å². The first-order valence-electron chi connectivity index (χ1n) is 24.6. The Morgan fingerprint density at radius 1 is 0.452 bits per heavy atom. The average Bonchev–Trinajstić information content (AvgIpc) is 3.60. The Labute approximate surface area is 367 Å². The summed E-state index contributed by atoms with van der Waals surface area (Å²) in [4.78, 5) is 2.59. The molecule has 62 heavy (non-hydrogen) atoms. The highest BCUT2D eigenvalue weighted by molar-refractivity contribution is 6.99. The van der Waals surface area contributed by atoms with Gasteiger partial charge < -0.3 is 9.47 Å². The van der Waals surface area contributed by atoms with Crippen LogP contribution in [0.15, 0.2) is 127 Å². The first kappa shape index (κ1) is 35.4. The average molecular weight is 805 g/mol. The summed E-state index contributed by atoms with van der Waals surface area (Å²) in [5, 5.41) is 2.97. The summed E-state index contributed by atoms with van der Waals surface area (Å²) in [5.41, 5.74) is 18.9. The molecule has 0 radical (unpaired) electrons. The second-order valence-electron chi connectivity index (χ2n) is 23.0. The van der Waals surface area contributed by atoms with E-state index in [1.807, 2.05) is 0 Å². The molecular formula is C59H57BN2. The monoisotopic (exact) mass is 804 g/mol. The number of aromatic nitrogens is 1. The minimum atomic E-state index is -0.183. The van der Waals surface area contributed by atoms with E-state index in [1.165, 1.54) is 149 Å². The van der Waals surface area contributed by atoms with Crippen LogP contribution in [-0.4, -0.2) is 11.3 Å². The standard InChI is InChI=1S/C59H57BN2/c1-57(2)48-12-6-7-13-50(48)60-51-14-8-9-15-54(51)61(44-10-4-3-5-11-44)55-29-45(28-49(57)56(55)60)62-52-18-16-42(58-30-36-20-37(31-58)22-38(21-36)32-58)26-46(52)47-27-43(17-19-53(47)62)59-33-39-23-40(34-59)25-41(24-39)35-59/h3-19,26-29,36-41H,20-25,30-35H2,1-2H3. The topological polar surface area (TPSA) is 8.17 Å². The fourth-order valence-electron chi connectivity index (χ4n) is 17.5. The first-order chi connectivity index (χ1) is 30.3. The van der Waals surface area contributed by atoms with Crippen LogP contribution >= 0.6 is 0 Å². The van der Waals surface area contributed by atoms with Gasteiger partial charge in [0, 0.05) is 38.9 Å². The SMILES string of the molecule is CC1(C)c2ccccc2B2c3ccccc3N(c3ccccc3)c3cc(-n4c5ccc(C67CC8CC(CC(C8)C6)C7)cc5c5cc(C67CC8CC(CC(C8)C6)C7)ccc54)cc1c32. The van der Waals surface area contributed by atoms with Crippen molar-refractivity contribution in [1.82, 2.24) is 4.57 Å². The molecule has 0 N–H and O–H groups in total. The van der Waals surface area contributed by atoms with Crippen molar-refractivity contribution in [2.45, 2.75) is 107 Å². The first-order valence-corrected chi connectivity index (χ1v) is 24.6. The van der Waals surface area contributed by atoms with Crippen molar-refractivity contribution >= 4 is 62.0 Å². The third-order valence-electron chi connectivity index (χ3n) is 19.1. The predicted octanol–water partition coefficient (Wildman–Crippen LogP) is 12.7. The quantitative estimate of drug-likeness (QED) is 0.161. The van der Waals surface area contributed by atoms with Crippen LogP contribution in [0.1, 0.15) is 113 Å². The van der Waals surface area contributed by atoms with Crippen molar-refractivity contribution in [3.05, 3.63) is 150 Å². The largest absolute Gasteiger partial charge is 0.311 e. The van der Waals surface area contributed by atoms with E-state index in [-0.39, 0.29) is 12.1 Å². The molecule has 3 heteroatoms. The van der Waals surface area contributed by atoms with Gasteiger partial charge >= 0.3 is 0 Å². The molecule has 8 fully saturated rings. The van der Waals surface area contributed by atoms with Gasteiger partial charge in [0.15, 0.2) is 0 Å². The molecule has 6 aromatic carbocycles. The normalized spacial score (nSPS) is 31.5. The predicted molar refractivity (Wildman–Crippen MR) is 258 cm³/mol. The van der Waals surface area contributed by atoms with Crippen molar-refractivity contribution in [1.29, 1.82) is 0 Å². The van der Waals surface area contributed by atoms with Crippen LogP contribution in [0.5, 0.6) is 0 Å². The van der Waals surface area contributed by atoms with Crippen molar-refractivity contribution in [3.63, 3.8) is 0 Å². The lowest BCUT2D eigenvalue weighted by molar-refractivity contribution is -0.00528. The molecular weight excluding hydrogens is 747 g/mol. The second-order valence-corrected chi connectivity index (χ2v) is 23.0. The Bertz CT molecular complexity index is 2870. The summed E-state index contributed by atoms with van der Waals surface area (Å²) >= 11 is 0. The molecule has 2 aliphatic heterocycles. The number of hydrogen-bond acceptors (Lipinski definition) is 1. The fraction of sp³-hybridized carbons (Fsp3) is 0.390. The highest BCUT2D eigenvalue weighted by Gasteiger charge is 2.53. The van der Waals surface area contributed by atoms with Crippen molar-refractivity contribution in [2.75, 3.05) is 4.90 Å². The van der Waals surface area contributed by atoms with Crippen LogP contribution < -0.4 is 21.3 Å². The van der Waals surface area contributed by atoms with E-state index in [2.05, 4.69) is 151 Å². The highest BCUT2D eigenvalue weighted by Crippen LogP contribution is 2.63. The zero-order chi connectivity index (χ0) is 40.7. The Kier molecular flexibility index (Phi) is 6.95. The van der Waals surface area contributed by atoms with Crippen LogP contribution in [0.25, 0.3) is 27.5 Å². The number of nitrogens with zero attached hydrogens (tertiary/aromatic N) is 2. The van der Waals surface area contributed by atoms with Gasteiger partial charge in [0.25, 0.3) is 0 Å². The minimum absolute atomic E-state index is 0.179. The lowest BCUT2D eigenvalue weighted by Crippen LogP contribution is -2.64. The van der Waals surface area contributed by atoms with Crippen LogP contribution in [0.2, 0.25) is 0 Å². The van der Waals surface area contributed by atoms with E-state index in [1.54, 1.807) is 11.1 Å². The maximum Gasteiger partial charge on any atom is 0.247 e. The van der Waals surface area contributed by atoms with E-state index in [9.17, 15) is 0 Å². The van der Waals surface area contributed by atoms with Gasteiger partial charge in [0.1, 0.15) is 0 Å². The molecule has 1 aromatic heterocycles. The molecule has 0 atom stereocenters. The molecule has 3 heterocycles. The van der Waals surface area contributed by atoms with Gasteiger partial charge in [0.2, 0.25) is 6.71 Å². The third-order valence-corrected chi connectivity index (χ3v) is 19.1. The van der Waals surface area contributed by atoms with E-state index in [0.29, 0.717) is 10.8 Å². The lowest BCUT2D eigenvalue weighted by Gasteiger charge is -2.57. The van der Waals surface area contributed by atoms with Crippen molar-refractivity contribution in [3.8, 4) is 5.69 Å². The molecule has 17 rings (SSSR count). The van der Waals surface area contributed by atoms with Crippen LogP contribution in [0.3, 0.4) is 0 Å². The van der Waals surface area contributed by atoms with Gasteiger partial charge in [-0.2, -0.15) is 0 Å². The Morgan fingerprint density at radius 2 is 0.952 bits per heavy atom. The van der Waals surface area contributed by atoms with Gasteiger partial charge in [-0.15, -0.1) is 0 Å². The molecule has 0 spiro atoms. The third kappa shape index (κ3) is 4.68. The lowest BCUT2D eigenvalue weighted by atomic mass is 9.30. The number of benzene rings is 6. The van der Waals surface area contributed by atoms with Crippen molar-refractivity contribution < 1.29 is 0 Å². The van der Waals surface area contributed by atoms with Gasteiger partial charge in [-0.3, -0.25) is 0 Å². The molecule has 8 aliphatic carbocycles. The molecule has 7 aromatic rings. The summed E-state index contributed by atoms with van der Waals surface area (Å²) < 4.78 is 2.70. The number of hydrogen-bond donors (Lipinski definition) is 0. The van der Waals surface area contributed by atoms with E-state index < -0.39 is 0 Å². The Hall–Kier alpha value is -5.02. The zero-order valence-electron chi connectivity index (χ0n) is 36.5. The number of para-hydroxylation sites is 2. The number of anilines is 3. The Morgan fingerprint density at radius 3 is 1.52 bits per heavy atom. The summed E-state index contributed by atoms with van der Waals surface area (Å²) in [6.07, 6.45) is 17.4. The van der Waals surface area contributed by atoms with Crippen molar-refractivity contribution in [2.24, 2.45) is 35.5 Å². The second kappa shape index (κ2) is 12.2. The maximum absolute atomic E-state index is 2.75. The Balaban J connectivity index is 0.999. The molecule has 0 unspecified atom stereocenters. The molecule has 0 amide bonds. The summed E-state index contributed by atoms with van der Waals surface area (Å²) in [6, 6.07) is 50.8. The van der Waals surface area contributed by atoms with E-state index in [0.717, 1.165) is 35.5 Å². The number of rotatable bonds is 4. The smallest absolute Gasteiger partial charge is 0.247 e. The van der Waals surface area contributed by atoms with Gasteiger partial charge in [-0.1, -0.05) is 92.1 Å². The minimum Gasteiger partial charge on any atom is -0.311 e. The van der Waals surface area contributed by atoms with Gasteiger partial charge in [-0.05, 0) is 211 Å². The fourth-order valence-corrected chi connectivity index (χ4v) is 17.5. The van der Waals surface area contributed by atoms with Gasteiger partial charge in [-0.25, -0.2) is 0 Å². The number of fused-ring (bicyclic) bond motifs is 7. The highest BCUT2D eigenvalue weighted by atomic mass is 15.2. The summed E-state index contributed by atoms with van der Waals surface area (Å²) in [7, 11) is 0. The van der Waals surface area contributed by atoms with E-state index in [4.69, 9.17) is 0 Å². The van der Waals surface area contributed by atoms with Crippen LogP contribution in [0, 0.1) is 35.5 Å². The molecule has 0 saturated heterocycles.